The van der Waals surface area contributed by atoms with Gasteiger partial charge in [0, 0.05) is 23.1 Å². The van der Waals surface area contributed by atoms with Gasteiger partial charge in [-0.2, -0.15) is 0 Å². The molecule has 0 aliphatic heterocycles. The molecule has 0 radical (unpaired) electrons. The molecule has 0 fully saturated rings. The van der Waals surface area contributed by atoms with Gasteiger partial charge in [0.05, 0.1) is 0 Å². The van der Waals surface area contributed by atoms with Gasteiger partial charge in [0.1, 0.15) is 0 Å². The summed E-state index contributed by atoms with van der Waals surface area (Å²) in [6, 6.07) is 7.04. The van der Waals surface area contributed by atoms with E-state index >= 15 is 0 Å². The number of hydrogen-bond donors (Lipinski definition) is 2. The molecular formula is C11H11N3OS. The van der Waals surface area contributed by atoms with Gasteiger partial charge in [-0.1, -0.05) is 6.07 Å². The van der Waals surface area contributed by atoms with E-state index in [0.29, 0.717) is 10.3 Å². The molecule has 0 saturated carbocycles. The molecule has 1 amide bonds. The third kappa shape index (κ3) is 1.90. The second kappa shape index (κ2) is 3.94. The highest BCUT2D eigenvalue weighted by molar-refractivity contribution is 7.71. The number of aromatic nitrogens is 2. The molecule has 4 nitrogen and oxygen atoms in total. The predicted molar refractivity (Wildman–Crippen MR) is 64.2 cm³/mol. The molecule has 0 bridgehead atoms. The van der Waals surface area contributed by atoms with Gasteiger partial charge in [0.2, 0.25) is 5.91 Å². The Balaban J connectivity index is 2.56. The van der Waals surface area contributed by atoms with Crippen molar-refractivity contribution >= 4 is 18.1 Å². The monoisotopic (exact) mass is 233 g/mol. The van der Waals surface area contributed by atoms with E-state index in [2.05, 4.69) is 4.98 Å². The van der Waals surface area contributed by atoms with E-state index < -0.39 is 5.91 Å². The molecule has 1 aromatic carbocycles. The molecule has 0 spiro atoms. The average molecular weight is 233 g/mol. The Bertz CT molecular complexity index is 597. The van der Waals surface area contributed by atoms with Crippen molar-refractivity contribution in [2.75, 3.05) is 0 Å². The largest absolute Gasteiger partial charge is 0.366 e. The van der Waals surface area contributed by atoms with E-state index in [1.807, 2.05) is 19.2 Å². The van der Waals surface area contributed by atoms with Crippen LogP contribution in [0.2, 0.25) is 0 Å². The van der Waals surface area contributed by atoms with Crippen molar-refractivity contribution < 1.29 is 4.79 Å². The van der Waals surface area contributed by atoms with Gasteiger partial charge < -0.3 is 10.7 Å². The summed E-state index contributed by atoms with van der Waals surface area (Å²) in [5.74, 6) is -0.444. The summed E-state index contributed by atoms with van der Waals surface area (Å²) in [5.41, 5.74) is 7.48. The van der Waals surface area contributed by atoms with Crippen molar-refractivity contribution in [2.45, 2.75) is 6.92 Å². The SMILES string of the molecule is Cc1cn(-c2cccc(C(N)=O)c2)c(=S)[nH]1. The number of carbonyl (C=O) groups excluding carboxylic acids is 1. The number of rotatable bonds is 2. The number of carbonyl (C=O) groups is 1. The number of primary amides is 1. The number of nitrogens with two attached hydrogens (primary N) is 1. The molecule has 2 aromatic rings. The van der Waals surface area contributed by atoms with Crippen LogP contribution in [0.15, 0.2) is 30.5 Å². The maximum Gasteiger partial charge on any atom is 0.248 e. The zero-order valence-electron chi connectivity index (χ0n) is 8.73. The van der Waals surface area contributed by atoms with Crippen LogP contribution < -0.4 is 5.73 Å². The Kier molecular flexibility index (Phi) is 2.62. The summed E-state index contributed by atoms with van der Waals surface area (Å²) in [6.45, 7) is 1.92. The summed E-state index contributed by atoms with van der Waals surface area (Å²) < 4.78 is 2.40. The molecule has 2 rings (SSSR count). The van der Waals surface area contributed by atoms with Gasteiger partial charge in [-0.05, 0) is 37.3 Å². The summed E-state index contributed by atoms with van der Waals surface area (Å²) in [6.07, 6.45) is 1.88. The zero-order chi connectivity index (χ0) is 11.7. The lowest BCUT2D eigenvalue weighted by Gasteiger charge is -2.03. The van der Waals surface area contributed by atoms with E-state index in [0.717, 1.165) is 11.4 Å². The minimum Gasteiger partial charge on any atom is -0.366 e. The number of aryl methyl sites for hydroxylation is 1. The highest BCUT2D eigenvalue weighted by Gasteiger charge is 2.04. The number of hydrogen-bond acceptors (Lipinski definition) is 2. The Labute approximate surface area is 97.7 Å². The van der Waals surface area contributed by atoms with E-state index in [1.165, 1.54) is 0 Å². The fourth-order valence-corrected chi connectivity index (χ4v) is 1.83. The second-order valence-corrected chi connectivity index (χ2v) is 3.91. The summed E-state index contributed by atoms with van der Waals surface area (Å²) in [4.78, 5) is 14.1. The van der Waals surface area contributed by atoms with Crippen LogP contribution in [0.4, 0.5) is 0 Å². The number of imidazole rings is 1. The first-order valence-corrected chi connectivity index (χ1v) is 5.17. The van der Waals surface area contributed by atoms with Gasteiger partial charge >= 0.3 is 0 Å². The second-order valence-electron chi connectivity index (χ2n) is 3.53. The molecular weight excluding hydrogens is 222 g/mol. The van der Waals surface area contributed by atoms with Crippen LogP contribution in [0.5, 0.6) is 0 Å². The lowest BCUT2D eigenvalue weighted by Crippen LogP contribution is -2.11. The smallest absolute Gasteiger partial charge is 0.248 e. The van der Waals surface area contributed by atoms with Gasteiger partial charge in [-0.15, -0.1) is 0 Å². The van der Waals surface area contributed by atoms with Gasteiger partial charge in [0.25, 0.3) is 0 Å². The maximum absolute atomic E-state index is 11.1. The van der Waals surface area contributed by atoms with Crippen molar-refractivity contribution in [2.24, 2.45) is 5.73 Å². The fourth-order valence-electron chi connectivity index (χ4n) is 1.51. The van der Waals surface area contributed by atoms with Crippen LogP contribution in [0.3, 0.4) is 0 Å². The summed E-state index contributed by atoms with van der Waals surface area (Å²) in [5, 5.41) is 0. The lowest BCUT2D eigenvalue weighted by molar-refractivity contribution is 0.100. The highest BCUT2D eigenvalue weighted by Crippen LogP contribution is 2.12. The van der Waals surface area contributed by atoms with Crippen LogP contribution in [0.1, 0.15) is 16.1 Å². The molecule has 0 atom stereocenters. The van der Waals surface area contributed by atoms with Crippen LogP contribution >= 0.6 is 12.2 Å². The number of benzene rings is 1. The first-order chi connectivity index (χ1) is 7.58. The number of amides is 1. The van der Waals surface area contributed by atoms with E-state index in [4.69, 9.17) is 18.0 Å². The third-order valence-corrected chi connectivity index (χ3v) is 2.55. The van der Waals surface area contributed by atoms with E-state index in [-0.39, 0.29) is 0 Å². The molecule has 3 N–H and O–H groups in total. The molecule has 5 heteroatoms. The molecule has 0 aliphatic rings. The number of aromatic amines is 1. The van der Waals surface area contributed by atoms with E-state index in [1.54, 1.807) is 22.8 Å². The van der Waals surface area contributed by atoms with E-state index in [9.17, 15) is 4.79 Å². The first-order valence-electron chi connectivity index (χ1n) is 4.76. The Hall–Kier alpha value is -1.88. The van der Waals surface area contributed by atoms with Crippen molar-refractivity contribution in [3.05, 3.63) is 46.5 Å². The maximum atomic E-state index is 11.1. The van der Waals surface area contributed by atoms with Crippen LogP contribution in [0, 0.1) is 11.7 Å². The molecule has 0 saturated heterocycles. The minimum absolute atomic E-state index is 0.444. The Morgan fingerprint density at radius 2 is 2.25 bits per heavy atom. The van der Waals surface area contributed by atoms with Crippen LogP contribution in [-0.2, 0) is 0 Å². The molecule has 0 unspecified atom stereocenters. The molecule has 1 heterocycles. The zero-order valence-corrected chi connectivity index (χ0v) is 9.54. The normalized spacial score (nSPS) is 10.3. The standard InChI is InChI=1S/C11H11N3OS/c1-7-6-14(11(16)13-7)9-4-2-3-8(5-9)10(12)15/h2-6H,1H3,(H2,12,15)(H,13,16). The van der Waals surface area contributed by atoms with Crippen molar-refractivity contribution in [1.29, 1.82) is 0 Å². The van der Waals surface area contributed by atoms with Crippen molar-refractivity contribution in [3.8, 4) is 5.69 Å². The number of nitrogens with one attached hydrogen (secondary N) is 1. The summed E-state index contributed by atoms with van der Waals surface area (Å²) >= 11 is 5.16. The Morgan fingerprint density at radius 1 is 1.50 bits per heavy atom. The fraction of sp³-hybridized carbons (Fsp3) is 0.0909. The topological polar surface area (TPSA) is 63.8 Å². The van der Waals surface area contributed by atoms with Crippen molar-refractivity contribution in [1.82, 2.24) is 9.55 Å². The Morgan fingerprint density at radius 3 is 2.81 bits per heavy atom. The van der Waals surface area contributed by atoms with Crippen LogP contribution in [-0.4, -0.2) is 15.5 Å². The van der Waals surface area contributed by atoms with Gasteiger partial charge in [-0.25, -0.2) is 0 Å². The first kappa shape index (κ1) is 10.6. The predicted octanol–water partition coefficient (Wildman–Crippen LogP) is 1.94. The van der Waals surface area contributed by atoms with Gasteiger partial charge in [0.15, 0.2) is 4.77 Å². The third-order valence-electron chi connectivity index (χ3n) is 2.25. The molecule has 82 valence electrons. The summed E-state index contributed by atoms with van der Waals surface area (Å²) in [7, 11) is 0. The van der Waals surface area contributed by atoms with Gasteiger partial charge in [-0.3, -0.25) is 9.36 Å². The van der Waals surface area contributed by atoms with Crippen LogP contribution in [0.25, 0.3) is 5.69 Å². The lowest BCUT2D eigenvalue weighted by atomic mass is 10.2. The average Bonchev–Trinajstić information content (AvgIpc) is 2.58. The minimum atomic E-state index is -0.444. The quantitative estimate of drug-likeness (QED) is 0.779. The number of nitrogens with zero attached hydrogens (tertiary/aromatic N) is 1. The molecule has 0 aliphatic carbocycles. The molecule has 1 aromatic heterocycles. The van der Waals surface area contributed by atoms with Crippen molar-refractivity contribution in [3.63, 3.8) is 0 Å². The molecule has 16 heavy (non-hydrogen) atoms. The highest BCUT2D eigenvalue weighted by atomic mass is 32.1. The number of H-pyrrole nitrogens is 1.